The molecule has 5 heteroatoms. The van der Waals surface area contributed by atoms with Gasteiger partial charge >= 0.3 is 0 Å². The maximum atomic E-state index is 14.1. The van der Waals surface area contributed by atoms with Gasteiger partial charge in [0.15, 0.2) is 0 Å². The first-order valence-corrected chi connectivity index (χ1v) is 7.76. The summed E-state index contributed by atoms with van der Waals surface area (Å²) >= 11 is 5.90. The van der Waals surface area contributed by atoms with E-state index < -0.39 is 5.95 Å². The molecular formula is C17H17Cl2FN2. The van der Waals surface area contributed by atoms with Crippen molar-refractivity contribution in [3.63, 3.8) is 0 Å². The largest absolute Gasteiger partial charge is 0.311 e. The summed E-state index contributed by atoms with van der Waals surface area (Å²) < 4.78 is 14.1. The molecule has 3 atom stereocenters. The minimum absolute atomic E-state index is 0. The molecule has 0 spiro atoms. The van der Waals surface area contributed by atoms with E-state index in [0.29, 0.717) is 28.6 Å². The highest BCUT2D eigenvalue weighted by molar-refractivity contribution is 6.30. The lowest BCUT2D eigenvalue weighted by Gasteiger charge is -2.20. The molecule has 0 saturated carbocycles. The Bertz CT molecular complexity index is 675. The summed E-state index contributed by atoms with van der Waals surface area (Å²) in [5.74, 6) is 0.0417. The van der Waals surface area contributed by atoms with E-state index in [9.17, 15) is 4.39 Å². The molecule has 1 aromatic carbocycles. The first-order valence-electron chi connectivity index (χ1n) is 7.38. The zero-order chi connectivity index (χ0) is 14.4. The van der Waals surface area contributed by atoms with Crippen LogP contribution in [0.25, 0.3) is 11.1 Å². The van der Waals surface area contributed by atoms with Crippen molar-refractivity contribution in [2.24, 2.45) is 0 Å². The Kier molecular flexibility index (Phi) is 4.40. The summed E-state index contributed by atoms with van der Waals surface area (Å²) in [5.41, 5.74) is 2.52. The third-order valence-electron chi connectivity index (χ3n) is 4.74. The van der Waals surface area contributed by atoms with Crippen molar-refractivity contribution in [2.75, 3.05) is 0 Å². The predicted molar refractivity (Wildman–Crippen MR) is 89.2 cm³/mol. The number of nitrogens with zero attached hydrogens (tertiary/aromatic N) is 1. The number of fused-ring (bicyclic) bond motifs is 2. The maximum absolute atomic E-state index is 14.1. The van der Waals surface area contributed by atoms with Crippen molar-refractivity contribution in [3.8, 4) is 11.1 Å². The van der Waals surface area contributed by atoms with Gasteiger partial charge < -0.3 is 5.32 Å². The van der Waals surface area contributed by atoms with E-state index >= 15 is 0 Å². The average Bonchev–Trinajstić information content (AvgIpc) is 3.12. The summed E-state index contributed by atoms with van der Waals surface area (Å²) in [4.78, 5) is 3.98. The molecule has 1 aromatic heterocycles. The van der Waals surface area contributed by atoms with Gasteiger partial charge in [-0.15, -0.1) is 12.4 Å². The number of hydrogen-bond donors (Lipinski definition) is 1. The summed E-state index contributed by atoms with van der Waals surface area (Å²) in [6, 6.07) is 10.4. The van der Waals surface area contributed by atoms with E-state index in [-0.39, 0.29) is 12.4 Å². The van der Waals surface area contributed by atoms with Crippen molar-refractivity contribution in [1.82, 2.24) is 10.3 Å². The fourth-order valence-corrected chi connectivity index (χ4v) is 3.82. The fraction of sp³-hybridized carbons (Fsp3) is 0.353. The highest BCUT2D eigenvalue weighted by atomic mass is 35.5. The monoisotopic (exact) mass is 338 g/mol. The Morgan fingerprint density at radius 1 is 1.18 bits per heavy atom. The number of aromatic nitrogens is 1. The van der Waals surface area contributed by atoms with Crippen LogP contribution in [0.4, 0.5) is 4.39 Å². The Labute approximate surface area is 140 Å². The first kappa shape index (κ1) is 15.7. The van der Waals surface area contributed by atoms with Gasteiger partial charge in [0.25, 0.3) is 0 Å². The Morgan fingerprint density at radius 3 is 2.59 bits per heavy atom. The van der Waals surface area contributed by atoms with Gasteiger partial charge in [-0.2, -0.15) is 4.39 Å². The van der Waals surface area contributed by atoms with E-state index in [4.69, 9.17) is 11.6 Å². The molecule has 2 nitrogen and oxygen atoms in total. The van der Waals surface area contributed by atoms with Crippen LogP contribution in [-0.2, 0) is 0 Å². The number of halogens is 3. The van der Waals surface area contributed by atoms with Gasteiger partial charge in [-0.1, -0.05) is 23.7 Å². The van der Waals surface area contributed by atoms with Gasteiger partial charge in [-0.3, -0.25) is 0 Å². The van der Waals surface area contributed by atoms with Crippen LogP contribution in [0.2, 0.25) is 5.02 Å². The van der Waals surface area contributed by atoms with Gasteiger partial charge in [0, 0.05) is 34.8 Å². The number of nitrogens with one attached hydrogen (secondary N) is 1. The second-order valence-corrected chi connectivity index (χ2v) is 6.44. The van der Waals surface area contributed by atoms with Gasteiger partial charge in [-0.25, -0.2) is 4.98 Å². The van der Waals surface area contributed by atoms with Gasteiger partial charge in [0.2, 0.25) is 5.95 Å². The van der Waals surface area contributed by atoms with Crippen LogP contribution >= 0.6 is 24.0 Å². The summed E-state index contributed by atoms with van der Waals surface area (Å²) in [5, 5.41) is 4.27. The minimum atomic E-state index is -0.419. The van der Waals surface area contributed by atoms with Crippen LogP contribution in [0.15, 0.2) is 36.5 Å². The Hall–Kier alpha value is -1.16. The highest BCUT2D eigenvalue weighted by Crippen LogP contribution is 2.40. The third-order valence-corrected chi connectivity index (χ3v) is 5.00. The lowest BCUT2D eigenvalue weighted by molar-refractivity contribution is 0.502. The second-order valence-electron chi connectivity index (χ2n) is 6.00. The number of rotatable bonds is 2. The molecule has 2 fully saturated rings. The van der Waals surface area contributed by atoms with Crippen molar-refractivity contribution >= 4 is 24.0 Å². The highest BCUT2D eigenvalue weighted by Gasteiger charge is 2.39. The average molecular weight is 339 g/mol. The molecular weight excluding hydrogens is 322 g/mol. The number of pyridine rings is 1. The SMILES string of the molecule is Cl.Fc1ncc([C@H]2C[C@@H]3CC[C@H]2N3)cc1-c1ccc(Cl)cc1. The standard InChI is InChI=1S/C17H16ClFN2.ClH/c18-12-3-1-10(2-4-12)15-7-11(9-20-17(15)19)14-8-13-5-6-16(14)21-13;/h1-4,7,9,13-14,16,21H,5-6,8H2;1H/t13-,14+,16+;/m0./s1. The van der Waals surface area contributed by atoms with Crippen LogP contribution in [0.5, 0.6) is 0 Å². The van der Waals surface area contributed by atoms with E-state index in [1.165, 1.54) is 12.8 Å². The molecule has 2 aliphatic heterocycles. The molecule has 3 heterocycles. The van der Waals surface area contributed by atoms with Crippen LogP contribution in [0.3, 0.4) is 0 Å². The van der Waals surface area contributed by atoms with Gasteiger partial charge in [0.1, 0.15) is 0 Å². The molecule has 0 unspecified atom stereocenters. The summed E-state index contributed by atoms with van der Waals surface area (Å²) in [7, 11) is 0. The molecule has 4 rings (SSSR count). The molecule has 0 radical (unpaired) electrons. The molecule has 2 bridgehead atoms. The Morgan fingerprint density at radius 2 is 1.95 bits per heavy atom. The quantitative estimate of drug-likeness (QED) is 0.811. The molecule has 22 heavy (non-hydrogen) atoms. The molecule has 1 N–H and O–H groups in total. The molecule has 2 aliphatic rings. The van der Waals surface area contributed by atoms with Gasteiger partial charge in [0.05, 0.1) is 0 Å². The van der Waals surface area contributed by atoms with Crippen molar-refractivity contribution in [3.05, 3.63) is 53.1 Å². The summed E-state index contributed by atoms with van der Waals surface area (Å²) in [6.07, 6.45) is 5.31. The van der Waals surface area contributed by atoms with Crippen LogP contribution in [0, 0.1) is 5.95 Å². The molecule has 0 amide bonds. The van der Waals surface area contributed by atoms with Gasteiger partial charge in [-0.05, 0) is 48.6 Å². The third kappa shape index (κ3) is 2.73. The Balaban J connectivity index is 0.00000144. The second kappa shape index (κ2) is 6.15. The van der Waals surface area contributed by atoms with Crippen LogP contribution in [-0.4, -0.2) is 17.1 Å². The molecule has 116 valence electrons. The minimum Gasteiger partial charge on any atom is -0.311 e. The van der Waals surface area contributed by atoms with E-state index in [1.807, 2.05) is 18.2 Å². The van der Waals surface area contributed by atoms with Crippen molar-refractivity contribution < 1.29 is 4.39 Å². The number of benzene rings is 1. The van der Waals surface area contributed by atoms with Crippen molar-refractivity contribution in [2.45, 2.75) is 37.3 Å². The number of hydrogen-bond acceptors (Lipinski definition) is 2. The first-order chi connectivity index (χ1) is 10.2. The van der Waals surface area contributed by atoms with E-state index in [0.717, 1.165) is 17.5 Å². The van der Waals surface area contributed by atoms with Crippen molar-refractivity contribution in [1.29, 1.82) is 0 Å². The topological polar surface area (TPSA) is 24.9 Å². The smallest absolute Gasteiger partial charge is 0.220 e. The van der Waals surface area contributed by atoms with Crippen LogP contribution < -0.4 is 5.32 Å². The van der Waals surface area contributed by atoms with E-state index in [1.54, 1.807) is 18.3 Å². The van der Waals surface area contributed by atoms with Crippen LogP contribution in [0.1, 0.15) is 30.7 Å². The zero-order valence-corrected chi connectivity index (χ0v) is 13.5. The normalized spacial score (nSPS) is 26.0. The fourth-order valence-electron chi connectivity index (χ4n) is 3.69. The lowest BCUT2D eigenvalue weighted by Crippen LogP contribution is -2.21. The summed E-state index contributed by atoms with van der Waals surface area (Å²) in [6.45, 7) is 0. The lowest BCUT2D eigenvalue weighted by atomic mass is 9.84. The molecule has 2 aromatic rings. The molecule has 0 aliphatic carbocycles. The predicted octanol–water partition coefficient (Wildman–Crippen LogP) is 4.57. The van der Waals surface area contributed by atoms with E-state index in [2.05, 4.69) is 10.3 Å². The maximum Gasteiger partial charge on any atom is 0.220 e. The molecule has 2 saturated heterocycles. The zero-order valence-electron chi connectivity index (χ0n) is 11.9.